The second-order valence-corrected chi connectivity index (χ2v) is 10.3. The summed E-state index contributed by atoms with van der Waals surface area (Å²) in [4.78, 5) is 30.5. The minimum atomic E-state index is -0.833. The summed E-state index contributed by atoms with van der Waals surface area (Å²) >= 11 is 3.47. The van der Waals surface area contributed by atoms with Crippen molar-refractivity contribution in [3.05, 3.63) is 86.1 Å². The first kappa shape index (κ1) is 28.0. The standard InChI is InChI=1S/C30H30BrN3O5/c1-17(2)23-15-24(18(3)13-27(23)37-5)28-33-25-10-8-7-9-22(25)29(35)34(28)32-16-20-14-21(31)11-12-26(20)39-19(4)30(36)38-6/h7-17,19H,1-6H3/t19-/m0/s1. The van der Waals surface area contributed by atoms with Gasteiger partial charge in [0.25, 0.3) is 5.56 Å². The third-order valence-corrected chi connectivity index (χ3v) is 6.81. The van der Waals surface area contributed by atoms with Crippen molar-refractivity contribution >= 4 is 39.0 Å². The van der Waals surface area contributed by atoms with Gasteiger partial charge in [0.2, 0.25) is 0 Å². The van der Waals surface area contributed by atoms with Crippen LogP contribution < -0.4 is 15.0 Å². The van der Waals surface area contributed by atoms with E-state index in [2.05, 4.69) is 34.9 Å². The molecule has 1 atom stereocenters. The van der Waals surface area contributed by atoms with E-state index in [1.54, 1.807) is 44.4 Å². The van der Waals surface area contributed by atoms with E-state index in [1.165, 1.54) is 18.0 Å². The highest BCUT2D eigenvalue weighted by Crippen LogP contribution is 2.34. The van der Waals surface area contributed by atoms with Crippen molar-refractivity contribution in [1.29, 1.82) is 0 Å². The number of hydrogen-bond donors (Lipinski definition) is 0. The molecule has 0 radical (unpaired) electrons. The number of hydrogen-bond acceptors (Lipinski definition) is 7. The van der Waals surface area contributed by atoms with Gasteiger partial charge in [0.15, 0.2) is 11.9 Å². The molecular weight excluding hydrogens is 562 g/mol. The van der Waals surface area contributed by atoms with Crippen LogP contribution in [0.2, 0.25) is 0 Å². The van der Waals surface area contributed by atoms with E-state index >= 15 is 0 Å². The lowest BCUT2D eigenvalue weighted by Crippen LogP contribution is -2.25. The number of methoxy groups -OCH3 is 2. The van der Waals surface area contributed by atoms with Crippen molar-refractivity contribution < 1.29 is 19.0 Å². The number of halogens is 1. The zero-order valence-electron chi connectivity index (χ0n) is 22.7. The predicted octanol–water partition coefficient (Wildman–Crippen LogP) is 6.09. The molecule has 1 aromatic heterocycles. The van der Waals surface area contributed by atoms with E-state index in [0.717, 1.165) is 26.9 Å². The maximum Gasteiger partial charge on any atom is 0.346 e. The Balaban J connectivity index is 1.93. The van der Waals surface area contributed by atoms with Crippen LogP contribution in [0.5, 0.6) is 11.5 Å². The van der Waals surface area contributed by atoms with Crippen molar-refractivity contribution in [3.8, 4) is 22.9 Å². The molecule has 0 bridgehead atoms. The molecule has 0 fully saturated rings. The molecule has 3 aromatic carbocycles. The Bertz CT molecular complexity index is 1630. The average molecular weight is 592 g/mol. The Morgan fingerprint density at radius 3 is 2.49 bits per heavy atom. The molecule has 8 nitrogen and oxygen atoms in total. The van der Waals surface area contributed by atoms with Crippen LogP contribution in [0.1, 0.15) is 43.4 Å². The van der Waals surface area contributed by atoms with Crippen molar-refractivity contribution in [2.24, 2.45) is 5.10 Å². The molecule has 39 heavy (non-hydrogen) atoms. The van der Waals surface area contributed by atoms with Gasteiger partial charge < -0.3 is 14.2 Å². The van der Waals surface area contributed by atoms with Gasteiger partial charge in [0.1, 0.15) is 11.5 Å². The lowest BCUT2D eigenvalue weighted by molar-refractivity contribution is -0.147. The zero-order valence-corrected chi connectivity index (χ0v) is 24.3. The first-order valence-corrected chi connectivity index (χ1v) is 13.2. The van der Waals surface area contributed by atoms with Gasteiger partial charge in [0, 0.05) is 15.6 Å². The summed E-state index contributed by atoms with van der Waals surface area (Å²) in [5, 5.41) is 5.05. The third-order valence-electron chi connectivity index (χ3n) is 6.31. The lowest BCUT2D eigenvalue weighted by Gasteiger charge is -2.17. The van der Waals surface area contributed by atoms with Gasteiger partial charge in [-0.15, -0.1) is 0 Å². The number of carbonyl (C=O) groups is 1. The maximum atomic E-state index is 13.7. The summed E-state index contributed by atoms with van der Waals surface area (Å²) in [5.41, 5.74) is 3.47. The Morgan fingerprint density at radius 2 is 1.79 bits per heavy atom. The minimum absolute atomic E-state index is 0.182. The molecule has 0 saturated heterocycles. The smallest absolute Gasteiger partial charge is 0.346 e. The number of ether oxygens (including phenoxy) is 3. The van der Waals surface area contributed by atoms with Crippen molar-refractivity contribution in [1.82, 2.24) is 9.66 Å². The molecule has 4 aromatic rings. The molecular formula is C30H30BrN3O5. The molecule has 4 rings (SSSR count). The Morgan fingerprint density at radius 1 is 1.05 bits per heavy atom. The highest BCUT2D eigenvalue weighted by Gasteiger charge is 2.19. The van der Waals surface area contributed by atoms with Crippen LogP contribution in [-0.4, -0.2) is 42.2 Å². The molecule has 0 spiro atoms. The number of aromatic nitrogens is 2. The number of fused-ring (bicyclic) bond motifs is 1. The van der Waals surface area contributed by atoms with Crippen molar-refractivity contribution in [3.63, 3.8) is 0 Å². The van der Waals surface area contributed by atoms with E-state index in [0.29, 0.717) is 28.0 Å². The van der Waals surface area contributed by atoms with Crippen LogP contribution in [0.25, 0.3) is 22.3 Å². The largest absolute Gasteiger partial charge is 0.496 e. The monoisotopic (exact) mass is 591 g/mol. The summed E-state index contributed by atoms with van der Waals surface area (Å²) in [6.45, 7) is 7.72. The fourth-order valence-corrected chi connectivity index (χ4v) is 4.60. The number of esters is 1. The van der Waals surface area contributed by atoms with E-state index in [4.69, 9.17) is 19.2 Å². The Hall–Kier alpha value is -3.98. The van der Waals surface area contributed by atoms with Gasteiger partial charge >= 0.3 is 5.97 Å². The Kier molecular flexibility index (Phi) is 8.50. The molecule has 0 aliphatic heterocycles. The summed E-state index contributed by atoms with van der Waals surface area (Å²) in [6.07, 6.45) is 0.688. The number of para-hydroxylation sites is 1. The van der Waals surface area contributed by atoms with Gasteiger partial charge in [0.05, 0.1) is 31.3 Å². The average Bonchev–Trinajstić information content (AvgIpc) is 2.92. The molecule has 1 heterocycles. The number of benzene rings is 3. The van der Waals surface area contributed by atoms with E-state index in [9.17, 15) is 9.59 Å². The minimum Gasteiger partial charge on any atom is -0.496 e. The fourth-order valence-electron chi connectivity index (χ4n) is 4.22. The molecule has 0 saturated carbocycles. The molecule has 0 aliphatic rings. The molecule has 0 amide bonds. The highest BCUT2D eigenvalue weighted by atomic mass is 79.9. The van der Waals surface area contributed by atoms with E-state index in [-0.39, 0.29) is 11.5 Å². The molecule has 202 valence electrons. The van der Waals surface area contributed by atoms with Crippen molar-refractivity contribution in [2.75, 3.05) is 14.2 Å². The molecule has 0 aliphatic carbocycles. The quantitative estimate of drug-likeness (QED) is 0.182. The SMILES string of the molecule is COC(=O)[C@H](C)Oc1ccc(Br)cc1C=Nn1c(-c2cc(C(C)C)c(OC)cc2C)nc2ccccc2c1=O. The molecule has 9 heteroatoms. The van der Waals surface area contributed by atoms with Gasteiger partial charge in [-0.1, -0.05) is 41.9 Å². The second-order valence-electron chi connectivity index (χ2n) is 9.34. The van der Waals surface area contributed by atoms with Crippen LogP contribution in [-0.2, 0) is 9.53 Å². The third kappa shape index (κ3) is 5.88. The second kappa shape index (κ2) is 11.8. The van der Waals surface area contributed by atoms with Crippen LogP contribution in [0.4, 0.5) is 0 Å². The van der Waals surface area contributed by atoms with Crippen molar-refractivity contribution in [2.45, 2.75) is 39.7 Å². The van der Waals surface area contributed by atoms with Crippen LogP contribution in [0.15, 0.2) is 69.0 Å². The predicted molar refractivity (Wildman–Crippen MR) is 156 cm³/mol. The van der Waals surface area contributed by atoms with E-state index < -0.39 is 12.1 Å². The molecule has 0 unspecified atom stereocenters. The topological polar surface area (TPSA) is 92.0 Å². The lowest BCUT2D eigenvalue weighted by atomic mass is 9.96. The van der Waals surface area contributed by atoms with Gasteiger partial charge in [-0.25, -0.2) is 9.78 Å². The van der Waals surface area contributed by atoms with Crippen LogP contribution in [0, 0.1) is 6.92 Å². The van der Waals surface area contributed by atoms with Gasteiger partial charge in [-0.05, 0) is 73.4 Å². The number of rotatable bonds is 8. The number of nitrogens with zero attached hydrogens (tertiary/aromatic N) is 3. The first-order valence-electron chi connectivity index (χ1n) is 12.4. The maximum absolute atomic E-state index is 13.7. The summed E-state index contributed by atoms with van der Waals surface area (Å²) in [6, 6.07) is 16.4. The number of carbonyl (C=O) groups excluding carboxylic acids is 1. The number of aryl methyl sites for hydroxylation is 1. The summed E-state index contributed by atoms with van der Waals surface area (Å²) in [7, 11) is 2.95. The fraction of sp³-hybridized carbons (Fsp3) is 0.267. The van der Waals surface area contributed by atoms with Gasteiger partial charge in [-0.2, -0.15) is 9.78 Å². The molecule has 0 N–H and O–H groups in total. The van der Waals surface area contributed by atoms with Gasteiger partial charge in [-0.3, -0.25) is 4.79 Å². The zero-order chi connectivity index (χ0) is 28.3. The first-order chi connectivity index (χ1) is 18.6. The highest BCUT2D eigenvalue weighted by molar-refractivity contribution is 9.10. The Labute approximate surface area is 235 Å². The van der Waals surface area contributed by atoms with Crippen LogP contribution in [0.3, 0.4) is 0 Å². The summed E-state index contributed by atoms with van der Waals surface area (Å²) < 4.78 is 18.3. The van der Waals surface area contributed by atoms with E-state index in [1.807, 2.05) is 31.2 Å². The normalized spacial score (nSPS) is 12.2. The summed E-state index contributed by atoms with van der Waals surface area (Å²) in [5.74, 6) is 1.26. The van der Waals surface area contributed by atoms with Crippen LogP contribution >= 0.6 is 15.9 Å².